The van der Waals surface area contributed by atoms with E-state index in [1.807, 2.05) is 13.8 Å². The first kappa shape index (κ1) is 22.4. The van der Waals surface area contributed by atoms with E-state index < -0.39 is 17.7 Å². The zero-order chi connectivity index (χ0) is 22.5. The first-order valence-corrected chi connectivity index (χ1v) is 10.3. The zero-order valence-electron chi connectivity index (χ0n) is 18.0. The third-order valence-electron chi connectivity index (χ3n) is 5.64. The van der Waals surface area contributed by atoms with E-state index in [0.29, 0.717) is 30.0 Å². The molecule has 1 saturated heterocycles. The third kappa shape index (κ3) is 4.56. The summed E-state index contributed by atoms with van der Waals surface area (Å²) in [5, 5.41) is 21.0. The predicted octanol–water partition coefficient (Wildman–Crippen LogP) is 3.16. The highest BCUT2D eigenvalue weighted by molar-refractivity contribution is 6.46. The van der Waals surface area contributed by atoms with Crippen molar-refractivity contribution in [3.8, 4) is 11.5 Å². The van der Waals surface area contributed by atoms with E-state index in [-0.39, 0.29) is 17.1 Å². The second kappa shape index (κ2) is 9.66. The summed E-state index contributed by atoms with van der Waals surface area (Å²) in [5.41, 5.74) is 0.988. The summed E-state index contributed by atoms with van der Waals surface area (Å²) in [7, 11) is 1.54. The topological polar surface area (TPSA) is 90.3 Å². The summed E-state index contributed by atoms with van der Waals surface area (Å²) in [5.74, 6) is -1.01. The number of phenols is 1. The number of ether oxygens (including phenoxy) is 1. The van der Waals surface area contributed by atoms with E-state index in [2.05, 4.69) is 4.90 Å². The van der Waals surface area contributed by atoms with Gasteiger partial charge in [-0.15, -0.1) is 0 Å². The largest absolute Gasteiger partial charge is 0.508 e. The Morgan fingerprint density at radius 3 is 2.35 bits per heavy atom. The molecule has 0 saturated carbocycles. The van der Waals surface area contributed by atoms with Crippen LogP contribution in [0.25, 0.3) is 5.76 Å². The van der Waals surface area contributed by atoms with Crippen molar-refractivity contribution >= 4 is 17.4 Å². The Morgan fingerprint density at radius 1 is 1.10 bits per heavy atom. The van der Waals surface area contributed by atoms with Gasteiger partial charge in [0.25, 0.3) is 11.7 Å². The van der Waals surface area contributed by atoms with Crippen LogP contribution in [0.4, 0.5) is 0 Å². The summed E-state index contributed by atoms with van der Waals surface area (Å²) in [6, 6.07) is 12.3. The van der Waals surface area contributed by atoms with Crippen molar-refractivity contribution in [2.24, 2.45) is 0 Å². The number of carbonyl (C=O) groups excluding carboxylic acids is 2. The molecular formula is C24H28N2O5. The molecule has 7 nitrogen and oxygen atoms in total. The maximum atomic E-state index is 13.0. The number of likely N-dealkylation sites (N-methyl/N-ethyl adjacent to an activating group) is 1. The minimum Gasteiger partial charge on any atom is -0.508 e. The molecule has 0 aromatic heterocycles. The molecule has 164 valence electrons. The van der Waals surface area contributed by atoms with E-state index in [1.54, 1.807) is 36.4 Å². The lowest BCUT2D eigenvalue weighted by Gasteiger charge is -2.28. The number of hydrogen-bond donors (Lipinski definition) is 2. The maximum absolute atomic E-state index is 13.0. The van der Waals surface area contributed by atoms with Crippen LogP contribution in [0, 0.1) is 0 Å². The van der Waals surface area contributed by atoms with Crippen LogP contribution in [0.3, 0.4) is 0 Å². The minimum atomic E-state index is -0.787. The highest BCUT2D eigenvalue weighted by Gasteiger charge is 2.46. The summed E-state index contributed by atoms with van der Waals surface area (Å²) >= 11 is 0. The quantitative estimate of drug-likeness (QED) is 0.384. The molecule has 2 N–H and O–H groups in total. The first-order chi connectivity index (χ1) is 14.9. The van der Waals surface area contributed by atoms with Crippen molar-refractivity contribution in [2.75, 3.05) is 33.3 Å². The minimum absolute atomic E-state index is 0.0142. The molecule has 1 heterocycles. The molecule has 1 atom stereocenters. The fourth-order valence-electron chi connectivity index (χ4n) is 3.85. The highest BCUT2D eigenvalue weighted by Crippen LogP contribution is 2.40. The lowest BCUT2D eigenvalue weighted by atomic mass is 9.95. The standard InChI is InChI=1S/C24H28N2O5/c1-4-25(5-2)13-14-26-21(17-7-6-8-18(27)15-17)20(23(29)24(26)30)22(28)16-9-11-19(31-3)12-10-16/h6-12,15,21,27-28H,4-5,13-14H2,1-3H3/b22-20-. The lowest BCUT2D eigenvalue weighted by molar-refractivity contribution is -0.140. The molecule has 31 heavy (non-hydrogen) atoms. The van der Waals surface area contributed by atoms with Crippen LogP contribution in [0.5, 0.6) is 11.5 Å². The third-order valence-corrected chi connectivity index (χ3v) is 5.64. The van der Waals surface area contributed by atoms with Crippen LogP contribution in [0.15, 0.2) is 54.1 Å². The van der Waals surface area contributed by atoms with E-state index in [1.165, 1.54) is 24.1 Å². The smallest absolute Gasteiger partial charge is 0.295 e. The van der Waals surface area contributed by atoms with Crippen molar-refractivity contribution in [1.82, 2.24) is 9.80 Å². The SMILES string of the molecule is CCN(CC)CCN1C(=O)C(=O)/C(=C(\O)c2ccc(OC)cc2)C1c1cccc(O)c1. The number of methoxy groups -OCH3 is 1. The summed E-state index contributed by atoms with van der Waals surface area (Å²) in [4.78, 5) is 29.6. The molecule has 2 aromatic carbocycles. The molecule has 1 unspecified atom stereocenters. The fourth-order valence-corrected chi connectivity index (χ4v) is 3.85. The number of carbonyl (C=O) groups is 2. The van der Waals surface area contributed by atoms with Gasteiger partial charge in [-0.2, -0.15) is 0 Å². The average Bonchev–Trinajstić information content (AvgIpc) is 3.04. The van der Waals surface area contributed by atoms with Crippen molar-refractivity contribution in [1.29, 1.82) is 0 Å². The second-order valence-corrected chi connectivity index (χ2v) is 7.34. The number of phenolic OH excluding ortho intramolecular Hbond substituents is 1. The number of hydrogen-bond acceptors (Lipinski definition) is 6. The second-order valence-electron chi connectivity index (χ2n) is 7.34. The number of aliphatic hydroxyl groups is 1. The van der Waals surface area contributed by atoms with Crippen LogP contribution in [0.1, 0.15) is 31.0 Å². The average molecular weight is 424 g/mol. The van der Waals surface area contributed by atoms with Crippen LogP contribution in [0.2, 0.25) is 0 Å². The molecule has 3 rings (SSSR count). The van der Waals surface area contributed by atoms with Gasteiger partial charge in [0.2, 0.25) is 0 Å². The number of ketones is 1. The van der Waals surface area contributed by atoms with Gasteiger partial charge in [-0.25, -0.2) is 0 Å². The summed E-state index contributed by atoms with van der Waals surface area (Å²) in [6.45, 7) is 6.64. The zero-order valence-corrected chi connectivity index (χ0v) is 18.0. The van der Waals surface area contributed by atoms with Gasteiger partial charge in [-0.3, -0.25) is 9.59 Å². The number of benzene rings is 2. The molecule has 1 aliphatic heterocycles. The monoisotopic (exact) mass is 424 g/mol. The van der Waals surface area contributed by atoms with Crippen LogP contribution in [-0.4, -0.2) is 65.0 Å². The Labute approximate surface area is 182 Å². The van der Waals surface area contributed by atoms with E-state index in [9.17, 15) is 19.8 Å². The molecule has 1 fully saturated rings. The molecule has 2 aromatic rings. The molecule has 7 heteroatoms. The summed E-state index contributed by atoms with van der Waals surface area (Å²) < 4.78 is 5.15. The van der Waals surface area contributed by atoms with Gasteiger partial charge in [-0.05, 0) is 55.1 Å². The number of aliphatic hydroxyl groups excluding tert-OH is 1. The highest BCUT2D eigenvalue weighted by atomic mass is 16.5. The van der Waals surface area contributed by atoms with Gasteiger partial charge < -0.3 is 24.7 Å². The molecule has 0 spiro atoms. The number of aromatic hydroxyl groups is 1. The number of amides is 1. The van der Waals surface area contributed by atoms with Gasteiger partial charge in [0, 0.05) is 18.7 Å². The van der Waals surface area contributed by atoms with Gasteiger partial charge in [0.15, 0.2) is 0 Å². The number of Topliss-reactive ketones (excluding diaryl/α,β-unsaturated/α-hetero) is 1. The van der Waals surface area contributed by atoms with Crippen molar-refractivity contribution in [3.63, 3.8) is 0 Å². The maximum Gasteiger partial charge on any atom is 0.295 e. The van der Waals surface area contributed by atoms with Gasteiger partial charge >= 0.3 is 0 Å². The first-order valence-electron chi connectivity index (χ1n) is 10.3. The Hall–Kier alpha value is -3.32. The van der Waals surface area contributed by atoms with Gasteiger partial charge in [0.05, 0.1) is 18.7 Å². The Morgan fingerprint density at radius 2 is 1.77 bits per heavy atom. The normalized spacial score (nSPS) is 18.1. The van der Waals surface area contributed by atoms with Crippen molar-refractivity contribution in [3.05, 3.63) is 65.2 Å². The summed E-state index contributed by atoms with van der Waals surface area (Å²) in [6.07, 6.45) is 0. The Kier molecular flexibility index (Phi) is 6.97. The van der Waals surface area contributed by atoms with Crippen LogP contribution < -0.4 is 4.74 Å². The van der Waals surface area contributed by atoms with Crippen LogP contribution >= 0.6 is 0 Å². The molecule has 0 bridgehead atoms. The number of nitrogens with zero attached hydrogens (tertiary/aromatic N) is 2. The van der Waals surface area contributed by atoms with Crippen molar-refractivity contribution < 1.29 is 24.5 Å². The Balaban J connectivity index is 2.08. The number of rotatable bonds is 8. The van der Waals surface area contributed by atoms with Gasteiger partial charge in [0.1, 0.15) is 17.3 Å². The molecule has 0 aliphatic carbocycles. The Bertz CT molecular complexity index is 980. The van der Waals surface area contributed by atoms with Gasteiger partial charge in [-0.1, -0.05) is 26.0 Å². The fraction of sp³-hybridized carbons (Fsp3) is 0.333. The lowest BCUT2D eigenvalue weighted by Crippen LogP contribution is -2.38. The number of likely N-dealkylation sites (tertiary alicyclic amines) is 1. The predicted molar refractivity (Wildman–Crippen MR) is 118 cm³/mol. The molecular weight excluding hydrogens is 396 g/mol. The molecule has 0 radical (unpaired) electrons. The van der Waals surface area contributed by atoms with Crippen LogP contribution in [-0.2, 0) is 9.59 Å². The molecule has 1 amide bonds. The van der Waals surface area contributed by atoms with E-state index in [0.717, 1.165) is 13.1 Å². The van der Waals surface area contributed by atoms with E-state index in [4.69, 9.17) is 4.74 Å². The van der Waals surface area contributed by atoms with Crippen molar-refractivity contribution in [2.45, 2.75) is 19.9 Å². The molecule has 1 aliphatic rings. The van der Waals surface area contributed by atoms with E-state index >= 15 is 0 Å².